The average molecular weight is 392 g/mol. The number of aromatic amines is 1. The fourth-order valence-electron chi connectivity index (χ4n) is 4.00. The molecule has 2 aromatic carbocycles. The zero-order valence-corrected chi connectivity index (χ0v) is 16.1. The van der Waals surface area contributed by atoms with Crippen molar-refractivity contribution in [3.05, 3.63) is 54.4 Å². The van der Waals surface area contributed by atoms with Crippen molar-refractivity contribution in [3.8, 4) is 11.5 Å². The van der Waals surface area contributed by atoms with Gasteiger partial charge in [-0.15, -0.1) is 0 Å². The van der Waals surface area contributed by atoms with Crippen LogP contribution in [0.3, 0.4) is 0 Å². The van der Waals surface area contributed by atoms with Gasteiger partial charge in [0.1, 0.15) is 12.4 Å². The van der Waals surface area contributed by atoms with Crippen LogP contribution in [0.1, 0.15) is 24.6 Å². The summed E-state index contributed by atoms with van der Waals surface area (Å²) in [4.78, 5) is 22.6. The maximum Gasteiger partial charge on any atom is 0.317 e. The molecule has 2 N–H and O–H groups in total. The van der Waals surface area contributed by atoms with Crippen molar-refractivity contribution in [3.63, 3.8) is 0 Å². The predicted molar refractivity (Wildman–Crippen MR) is 109 cm³/mol. The van der Waals surface area contributed by atoms with Crippen LogP contribution >= 0.6 is 0 Å². The quantitative estimate of drug-likeness (QED) is 0.717. The van der Waals surface area contributed by atoms with Gasteiger partial charge in [-0.25, -0.2) is 9.78 Å². The van der Waals surface area contributed by atoms with Gasteiger partial charge in [-0.2, -0.15) is 0 Å². The van der Waals surface area contributed by atoms with E-state index in [9.17, 15) is 4.79 Å². The number of hydrogen-bond donors (Lipinski definition) is 2. The summed E-state index contributed by atoms with van der Waals surface area (Å²) in [5, 5.41) is 2.99. The van der Waals surface area contributed by atoms with Gasteiger partial charge in [0.15, 0.2) is 17.6 Å². The van der Waals surface area contributed by atoms with Crippen molar-refractivity contribution in [2.45, 2.75) is 24.9 Å². The van der Waals surface area contributed by atoms with Crippen molar-refractivity contribution in [2.24, 2.45) is 0 Å². The number of nitrogens with zero attached hydrogens (tertiary/aromatic N) is 2. The summed E-state index contributed by atoms with van der Waals surface area (Å²) in [6.07, 6.45) is 1.63. The largest absolute Gasteiger partial charge is 0.486 e. The second kappa shape index (κ2) is 7.66. The molecule has 29 heavy (non-hydrogen) atoms. The Bertz CT molecular complexity index is 977. The number of nitrogens with one attached hydrogen (secondary N) is 2. The summed E-state index contributed by atoms with van der Waals surface area (Å²) >= 11 is 0. The number of imidazole rings is 1. The Morgan fingerprint density at radius 2 is 1.86 bits per heavy atom. The molecule has 1 atom stereocenters. The van der Waals surface area contributed by atoms with Crippen LogP contribution in [0.15, 0.2) is 48.5 Å². The molecule has 0 radical (unpaired) electrons. The van der Waals surface area contributed by atoms with Gasteiger partial charge in [0.05, 0.1) is 17.6 Å². The van der Waals surface area contributed by atoms with E-state index in [4.69, 9.17) is 14.5 Å². The second-order valence-electron chi connectivity index (χ2n) is 7.58. The van der Waals surface area contributed by atoms with E-state index in [1.54, 1.807) is 0 Å². The van der Waals surface area contributed by atoms with E-state index >= 15 is 0 Å². The van der Waals surface area contributed by atoms with Crippen LogP contribution in [0.2, 0.25) is 0 Å². The van der Waals surface area contributed by atoms with Crippen LogP contribution in [0.25, 0.3) is 11.0 Å². The number of carbonyl (C=O) groups excluding carboxylic acids is 1. The summed E-state index contributed by atoms with van der Waals surface area (Å²) in [5.74, 6) is 2.86. The molecular formula is C22H24N4O3. The zero-order chi connectivity index (χ0) is 19.6. The lowest BCUT2D eigenvalue weighted by Crippen LogP contribution is -2.48. The number of carbonyl (C=O) groups is 1. The molecule has 150 valence electrons. The van der Waals surface area contributed by atoms with E-state index in [1.165, 1.54) is 0 Å². The highest BCUT2D eigenvalue weighted by Crippen LogP contribution is 2.31. The van der Waals surface area contributed by atoms with Crippen LogP contribution in [0, 0.1) is 0 Å². The Kier molecular flexibility index (Phi) is 4.71. The third-order valence-electron chi connectivity index (χ3n) is 5.63. The first-order valence-electron chi connectivity index (χ1n) is 10.1. The van der Waals surface area contributed by atoms with Crippen LogP contribution in [-0.4, -0.2) is 53.2 Å². The normalized spacial score (nSPS) is 19.3. The lowest BCUT2D eigenvalue weighted by Gasteiger charge is -2.32. The fraction of sp³-hybridized carbons (Fsp3) is 0.364. The average Bonchev–Trinajstić information content (AvgIpc) is 3.22. The standard InChI is InChI=1S/C22H24N4O3/c27-22(23-13-16-14-28-19-7-3-4-8-20(19)29-16)26-11-9-15(10-12-26)21-24-17-5-1-2-6-18(17)25-21/h1-8,15-16H,9-14H2,(H,23,27)(H,24,25)/t16-/m1/s1. The monoisotopic (exact) mass is 392 g/mol. The van der Waals surface area contributed by atoms with E-state index in [0.29, 0.717) is 19.1 Å². The van der Waals surface area contributed by atoms with Crippen molar-refractivity contribution in [1.82, 2.24) is 20.2 Å². The van der Waals surface area contributed by atoms with Crippen LogP contribution < -0.4 is 14.8 Å². The van der Waals surface area contributed by atoms with Gasteiger partial charge in [0.25, 0.3) is 0 Å². The molecule has 0 bridgehead atoms. The van der Waals surface area contributed by atoms with Gasteiger partial charge < -0.3 is 24.7 Å². The Balaban J connectivity index is 1.12. The van der Waals surface area contributed by atoms with Crippen LogP contribution in [-0.2, 0) is 0 Å². The van der Waals surface area contributed by atoms with E-state index in [0.717, 1.165) is 54.3 Å². The summed E-state index contributed by atoms with van der Waals surface area (Å²) in [6, 6.07) is 15.6. The first-order chi connectivity index (χ1) is 14.3. The Morgan fingerprint density at radius 3 is 2.69 bits per heavy atom. The Hall–Kier alpha value is -3.22. The minimum absolute atomic E-state index is 0.0458. The molecule has 2 amide bonds. The molecule has 7 nitrogen and oxygen atoms in total. The van der Waals surface area contributed by atoms with E-state index in [-0.39, 0.29) is 12.1 Å². The third kappa shape index (κ3) is 3.72. The van der Waals surface area contributed by atoms with Crippen molar-refractivity contribution in [2.75, 3.05) is 26.2 Å². The molecule has 3 aromatic rings. The SMILES string of the molecule is O=C(NC[C@@H]1COc2ccccc2O1)N1CCC(c2nc3ccccc3[nH]2)CC1. The number of amides is 2. The smallest absolute Gasteiger partial charge is 0.317 e. The molecule has 1 fully saturated rings. The van der Waals surface area contributed by atoms with Crippen LogP contribution in [0.5, 0.6) is 11.5 Å². The number of fused-ring (bicyclic) bond motifs is 2. The Morgan fingerprint density at radius 1 is 1.10 bits per heavy atom. The molecule has 0 spiro atoms. The van der Waals surface area contributed by atoms with Crippen molar-refractivity contribution >= 4 is 17.1 Å². The number of likely N-dealkylation sites (tertiary alicyclic amines) is 1. The van der Waals surface area contributed by atoms with Crippen molar-refractivity contribution in [1.29, 1.82) is 0 Å². The molecule has 1 aromatic heterocycles. The van der Waals surface area contributed by atoms with Gasteiger partial charge in [0, 0.05) is 19.0 Å². The number of rotatable bonds is 3. The van der Waals surface area contributed by atoms with E-state index < -0.39 is 0 Å². The first kappa shape index (κ1) is 17.8. The number of piperidine rings is 1. The molecule has 7 heteroatoms. The highest BCUT2D eigenvalue weighted by Gasteiger charge is 2.27. The lowest BCUT2D eigenvalue weighted by molar-refractivity contribution is 0.0895. The lowest BCUT2D eigenvalue weighted by atomic mass is 9.96. The molecule has 0 aliphatic carbocycles. The van der Waals surface area contributed by atoms with Crippen molar-refractivity contribution < 1.29 is 14.3 Å². The third-order valence-corrected chi connectivity index (χ3v) is 5.63. The first-order valence-corrected chi connectivity index (χ1v) is 10.1. The minimum atomic E-state index is -0.179. The molecule has 0 saturated carbocycles. The second-order valence-corrected chi connectivity index (χ2v) is 7.58. The number of aromatic nitrogens is 2. The summed E-state index contributed by atoms with van der Waals surface area (Å²) < 4.78 is 11.6. The van der Waals surface area contributed by atoms with Gasteiger partial charge in [-0.1, -0.05) is 24.3 Å². The maximum absolute atomic E-state index is 12.6. The molecule has 2 aliphatic rings. The van der Waals surface area contributed by atoms with E-state index in [1.807, 2.05) is 53.4 Å². The van der Waals surface area contributed by atoms with Gasteiger partial charge in [-0.3, -0.25) is 0 Å². The number of hydrogen-bond acceptors (Lipinski definition) is 4. The number of urea groups is 1. The van der Waals surface area contributed by atoms with Gasteiger partial charge in [0.2, 0.25) is 0 Å². The number of ether oxygens (including phenoxy) is 2. The zero-order valence-electron chi connectivity index (χ0n) is 16.1. The molecule has 1 saturated heterocycles. The maximum atomic E-state index is 12.6. The van der Waals surface area contributed by atoms with Gasteiger partial charge in [-0.05, 0) is 37.1 Å². The summed E-state index contributed by atoms with van der Waals surface area (Å²) in [6.45, 7) is 2.30. The molecular weight excluding hydrogens is 368 g/mol. The predicted octanol–water partition coefficient (Wildman–Crippen LogP) is 3.29. The van der Waals surface area contributed by atoms with Gasteiger partial charge >= 0.3 is 6.03 Å². The molecule has 2 aliphatic heterocycles. The van der Waals surface area contributed by atoms with E-state index in [2.05, 4.69) is 10.3 Å². The minimum Gasteiger partial charge on any atom is -0.486 e. The number of benzene rings is 2. The highest BCUT2D eigenvalue weighted by molar-refractivity contribution is 5.75. The topological polar surface area (TPSA) is 79.5 Å². The Labute approximate surface area is 169 Å². The molecule has 0 unspecified atom stereocenters. The molecule has 5 rings (SSSR count). The molecule has 3 heterocycles. The number of para-hydroxylation sites is 4. The summed E-state index contributed by atoms with van der Waals surface area (Å²) in [7, 11) is 0. The summed E-state index contributed by atoms with van der Waals surface area (Å²) in [5.41, 5.74) is 2.07. The highest BCUT2D eigenvalue weighted by atomic mass is 16.6. The van der Waals surface area contributed by atoms with Crippen LogP contribution in [0.4, 0.5) is 4.79 Å². The number of H-pyrrole nitrogens is 1. The fourth-order valence-corrected chi connectivity index (χ4v) is 4.00.